The molecule has 0 radical (unpaired) electrons. The fourth-order valence-electron chi connectivity index (χ4n) is 4.54. The molecular formula is C24H34N6O. The highest BCUT2D eigenvalue weighted by atomic mass is 16.2. The van der Waals surface area contributed by atoms with Crippen LogP contribution in [0.2, 0.25) is 0 Å². The Morgan fingerprint density at radius 3 is 2.84 bits per heavy atom. The molecule has 2 aliphatic rings. The Balaban J connectivity index is 1.25. The number of rotatable bonds is 7. The zero-order chi connectivity index (χ0) is 21.5. The highest BCUT2D eigenvalue weighted by Gasteiger charge is 2.32. The molecule has 2 heterocycles. The molecule has 1 atom stereocenters. The van der Waals surface area contributed by atoms with E-state index in [0.29, 0.717) is 19.0 Å². The van der Waals surface area contributed by atoms with E-state index in [2.05, 4.69) is 40.0 Å². The van der Waals surface area contributed by atoms with Crippen LogP contribution >= 0.6 is 0 Å². The standard InChI is InChI=1S/C24H34N6O/c1-2-25-24(28-20-13-16-30(17-20)23(31)19-8-3-4-9-19)27-15-14-26-22-12-11-18-7-5-6-10-21(18)29-22/h5-7,10-12,19-20H,2-4,8-9,13-17H2,1H3,(H,26,29)(H2,25,27,28). The van der Waals surface area contributed by atoms with E-state index >= 15 is 0 Å². The Morgan fingerprint density at radius 2 is 2.00 bits per heavy atom. The van der Waals surface area contributed by atoms with Gasteiger partial charge in [0.2, 0.25) is 5.91 Å². The number of aliphatic imine (C=N–C) groups is 1. The third-order valence-corrected chi connectivity index (χ3v) is 6.18. The van der Waals surface area contributed by atoms with Crippen LogP contribution in [0.15, 0.2) is 41.4 Å². The molecule has 31 heavy (non-hydrogen) atoms. The number of pyridine rings is 1. The lowest BCUT2D eigenvalue weighted by Crippen LogP contribution is -2.45. The first kappa shape index (κ1) is 21.4. The molecule has 0 bridgehead atoms. The maximum absolute atomic E-state index is 12.7. The summed E-state index contributed by atoms with van der Waals surface area (Å²) in [6, 6.07) is 12.5. The molecule has 7 heteroatoms. The van der Waals surface area contributed by atoms with Crippen LogP contribution in [0.25, 0.3) is 10.9 Å². The molecule has 1 amide bonds. The Kier molecular flexibility index (Phi) is 7.22. The van der Waals surface area contributed by atoms with Crippen LogP contribution < -0.4 is 16.0 Å². The van der Waals surface area contributed by atoms with Crippen molar-refractivity contribution in [1.82, 2.24) is 20.5 Å². The number of carbonyl (C=O) groups excluding carboxylic acids is 1. The topological polar surface area (TPSA) is 81.7 Å². The Bertz CT molecular complexity index is 908. The number of para-hydroxylation sites is 1. The lowest BCUT2D eigenvalue weighted by atomic mass is 10.1. The summed E-state index contributed by atoms with van der Waals surface area (Å²) in [5.74, 6) is 2.30. The third kappa shape index (κ3) is 5.66. The number of fused-ring (bicyclic) bond motifs is 1. The van der Waals surface area contributed by atoms with Gasteiger partial charge in [-0.25, -0.2) is 4.98 Å². The number of anilines is 1. The number of hydrogen-bond donors (Lipinski definition) is 3. The lowest BCUT2D eigenvalue weighted by molar-refractivity contribution is -0.134. The summed E-state index contributed by atoms with van der Waals surface area (Å²) in [5, 5.41) is 11.3. The van der Waals surface area contributed by atoms with Gasteiger partial charge in [0.1, 0.15) is 5.82 Å². The van der Waals surface area contributed by atoms with Gasteiger partial charge >= 0.3 is 0 Å². The van der Waals surface area contributed by atoms with Crippen molar-refractivity contribution in [2.45, 2.75) is 45.1 Å². The predicted molar refractivity (Wildman–Crippen MR) is 126 cm³/mol. The van der Waals surface area contributed by atoms with E-state index in [4.69, 9.17) is 4.99 Å². The maximum Gasteiger partial charge on any atom is 0.225 e. The first-order chi connectivity index (χ1) is 15.2. The van der Waals surface area contributed by atoms with Crippen molar-refractivity contribution in [3.63, 3.8) is 0 Å². The second kappa shape index (κ2) is 10.5. The van der Waals surface area contributed by atoms with Gasteiger partial charge in [-0.3, -0.25) is 9.79 Å². The minimum Gasteiger partial charge on any atom is -0.368 e. The van der Waals surface area contributed by atoms with Gasteiger partial charge in [0, 0.05) is 43.5 Å². The Labute approximate surface area is 184 Å². The molecule has 1 unspecified atom stereocenters. The first-order valence-electron chi connectivity index (χ1n) is 11.7. The van der Waals surface area contributed by atoms with Gasteiger partial charge in [-0.15, -0.1) is 0 Å². The molecule has 2 fully saturated rings. The zero-order valence-electron chi connectivity index (χ0n) is 18.4. The van der Waals surface area contributed by atoms with Crippen LogP contribution in [0.4, 0.5) is 5.82 Å². The molecule has 2 aromatic rings. The summed E-state index contributed by atoms with van der Waals surface area (Å²) in [6.07, 6.45) is 5.51. The largest absolute Gasteiger partial charge is 0.368 e. The monoisotopic (exact) mass is 422 g/mol. The highest BCUT2D eigenvalue weighted by Crippen LogP contribution is 2.27. The smallest absolute Gasteiger partial charge is 0.225 e. The normalized spacial score (nSPS) is 19.7. The molecular weight excluding hydrogens is 388 g/mol. The average Bonchev–Trinajstić information content (AvgIpc) is 3.49. The zero-order valence-corrected chi connectivity index (χ0v) is 18.4. The minimum absolute atomic E-state index is 0.260. The van der Waals surface area contributed by atoms with Gasteiger partial charge in [-0.1, -0.05) is 31.0 Å². The summed E-state index contributed by atoms with van der Waals surface area (Å²) in [5.41, 5.74) is 0.990. The lowest BCUT2D eigenvalue weighted by Gasteiger charge is -2.21. The molecule has 1 aliphatic heterocycles. The fourth-order valence-corrected chi connectivity index (χ4v) is 4.54. The van der Waals surface area contributed by atoms with E-state index in [9.17, 15) is 4.79 Å². The molecule has 1 saturated carbocycles. The van der Waals surface area contributed by atoms with Crippen molar-refractivity contribution in [3.8, 4) is 0 Å². The van der Waals surface area contributed by atoms with Crippen LogP contribution in [0.1, 0.15) is 39.0 Å². The number of amides is 1. The molecule has 0 spiro atoms. The number of guanidine groups is 1. The molecule has 4 rings (SSSR count). The Hall–Kier alpha value is -2.83. The van der Waals surface area contributed by atoms with E-state index < -0.39 is 0 Å². The molecule has 1 aliphatic carbocycles. The number of likely N-dealkylation sites (tertiary alicyclic amines) is 1. The van der Waals surface area contributed by atoms with E-state index in [1.54, 1.807) is 0 Å². The summed E-state index contributed by atoms with van der Waals surface area (Å²) in [6.45, 7) is 5.85. The van der Waals surface area contributed by atoms with Crippen LogP contribution in [0.5, 0.6) is 0 Å². The van der Waals surface area contributed by atoms with Gasteiger partial charge in [0.15, 0.2) is 5.96 Å². The third-order valence-electron chi connectivity index (χ3n) is 6.18. The number of carbonyl (C=O) groups is 1. The van der Waals surface area contributed by atoms with Crippen molar-refractivity contribution < 1.29 is 4.79 Å². The summed E-state index contributed by atoms with van der Waals surface area (Å²) >= 11 is 0. The average molecular weight is 423 g/mol. The predicted octanol–water partition coefficient (Wildman–Crippen LogP) is 2.99. The van der Waals surface area contributed by atoms with Crippen LogP contribution in [-0.4, -0.2) is 60.5 Å². The van der Waals surface area contributed by atoms with Gasteiger partial charge in [0.05, 0.1) is 12.1 Å². The summed E-state index contributed by atoms with van der Waals surface area (Å²) < 4.78 is 0. The van der Waals surface area contributed by atoms with Crippen LogP contribution in [0, 0.1) is 5.92 Å². The summed E-state index contributed by atoms with van der Waals surface area (Å²) in [7, 11) is 0. The van der Waals surface area contributed by atoms with Gasteiger partial charge < -0.3 is 20.9 Å². The van der Waals surface area contributed by atoms with Gasteiger partial charge in [-0.05, 0) is 44.4 Å². The van der Waals surface area contributed by atoms with Crippen LogP contribution in [-0.2, 0) is 4.79 Å². The number of nitrogens with one attached hydrogen (secondary N) is 3. The maximum atomic E-state index is 12.7. The highest BCUT2D eigenvalue weighted by molar-refractivity contribution is 5.82. The number of benzene rings is 1. The number of aromatic nitrogens is 1. The Morgan fingerprint density at radius 1 is 1.16 bits per heavy atom. The SMILES string of the molecule is CCNC(=NCCNc1ccc2ccccc2n1)NC1CCN(C(=O)C2CCCC2)C1. The van der Waals surface area contributed by atoms with Gasteiger partial charge in [0.25, 0.3) is 0 Å². The molecule has 166 valence electrons. The fraction of sp³-hybridized carbons (Fsp3) is 0.542. The first-order valence-corrected chi connectivity index (χ1v) is 11.7. The van der Waals surface area contributed by atoms with Crippen molar-refractivity contribution >= 4 is 28.6 Å². The van der Waals surface area contributed by atoms with E-state index in [1.807, 2.05) is 29.2 Å². The number of nitrogens with zero attached hydrogens (tertiary/aromatic N) is 3. The molecule has 7 nitrogen and oxygen atoms in total. The van der Waals surface area contributed by atoms with E-state index in [0.717, 1.165) is 61.6 Å². The van der Waals surface area contributed by atoms with E-state index in [-0.39, 0.29) is 12.0 Å². The van der Waals surface area contributed by atoms with Gasteiger partial charge in [-0.2, -0.15) is 0 Å². The van der Waals surface area contributed by atoms with Crippen LogP contribution in [0.3, 0.4) is 0 Å². The second-order valence-electron chi connectivity index (χ2n) is 8.47. The van der Waals surface area contributed by atoms with Crippen molar-refractivity contribution in [3.05, 3.63) is 36.4 Å². The van der Waals surface area contributed by atoms with Crippen molar-refractivity contribution in [2.24, 2.45) is 10.9 Å². The summed E-state index contributed by atoms with van der Waals surface area (Å²) in [4.78, 5) is 24.1. The quantitative estimate of drug-likeness (QED) is 0.363. The molecule has 1 saturated heterocycles. The van der Waals surface area contributed by atoms with Crippen molar-refractivity contribution in [1.29, 1.82) is 0 Å². The number of hydrogen-bond acceptors (Lipinski definition) is 4. The van der Waals surface area contributed by atoms with E-state index in [1.165, 1.54) is 12.8 Å². The second-order valence-corrected chi connectivity index (χ2v) is 8.47. The van der Waals surface area contributed by atoms with Crippen molar-refractivity contribution in [2.75, 3.05) is 38.0 Å². The molecule has 1 aromatic heterocycles. The molecule has 1 aromatic carbocycles. The minimum atomic E-state index is 0.260. The molecule has 3 N–H and O–H groups in total.